The van der Waals surface area contributed by atoms with Crippen LogP contribution in [0.1, 0.15) is 11.4 Å². The van der Waals surface area contributed by atoms with Crippen LogP contribution in [-0.2, 0) is 0 Å². The van der Waals surface area contributed by atoms with Crippen molar-refractivity contribution in [3.05, 3.63) is 53.9 Å². The molecule has 0 aliphatic heterocycles. The second kappa shape index (κ2) is 5.40. The van der Waals surface area contributed by atoms with Crippen molar-refractivity contribution < 1.29 is 4.74 Å². The fourth-order valence-corrected chi connectivity index (χ4v) is 2.46. The third-order valence-corrected chi connectivity index (χ3v) is 3.33. The van der Waals surface area contributed by atoms with Gasteiger partial charge in [-0.1, -0.05) is 24.3 Å². The van der Waals surface area contributed by atoms with Crippen LogP contribution in [-0.4, -0.2) is 17.1 Å². The highest BCUT2D eigenvalue weighted by Crippen LogP contribution is 2.32. The van der Waals surface area contributed by atoms with Crippen molar-refractivity contribution in [2.75, 3.05) is 12.4 Å². The highest BCUT2D eigenvalue weighted by molar-refractivity contribution is 5.98. The van der Waals surface area contributed by atoms with Gasteiger partial charge >= 0.3 is 0 Å². The van der Waals surface area contributed by atoms with Crippen molar-refractivity contribution in [1.29, 1.82) is 0 Å². The Hall–Kier alpha value is -2.62. The van der Waals surface area contributed by atoms with E-state index in [2.05, 4.69) is 21.4 Å². The Morgan fingerprint density at radius 3 is 2.24 bits per heavy atom. The minimum absolute atomic E-state index is 0.614. The number of aromatic nitrogens is 2. The monoisotopic (exact) mass is 279 g/mol. The second-order valence-corrected chi connectivity index (χ2v) is 4.96. The average molecular weight is 279 g/mol. The number of hydrogen-bond acceptors (Lipinski definition) is 4. The maximum absolute atomic E-state index is 5.41. The second-order valence-electron chi connectivity index (χ2n) is 4.96. The van der Waals surface area contributed by atoms with E-state index in [1.165, 1.54) is 0 Å². The smallest absolute Gasteiger partial charge is 0.227 e. The van der Waals surface area contributed by atoms with Gasteiger partial charge in [-0.25, -0.2) is 9.97 Å². The van der Waals surface area contributed by atoms with E-state index in [1.807, 2.05) is 50.2 Å². The fraction of sp³-hybridized carbons (Fsp3) is 0.176. The molecule has 106 valence electrons. The lowest BCUT2D eigenvalue weighted by Crippen LogP contribution is -2.00. The van der Waals surface area contributed by atoms with Crippen LogP contribution in [0, 0.1) is 13.8 Å². The van der Waals surface area contributed by atoms with E-state index in [0.717, 1.165) is 33.6 Å². The zero-order valence-electron chi connectivity index (χ0n) is 12.3. The van der Waals surface area contributed by atoms with Gasteiger partial charge in [0, 0.05) is 27.8 Å². The molecular weight excluding hydrogens is 262 g/mol. The summed E-state index contributed by atoms with van der Waals surface area (Å²) in [5.74, 6) is 1.47. The maximum atomic E-state index is 5.41. The molecule has 3 aromatic rings. The molecule has 0 aliphatic carbocycles. The average Bonchev–Trinajstić information content (AvgIpc) is 2.46. The van der Waals surface area contributed by atoms with Gasteiger partial charge in [-0.3, -0.25) is 0 Å². The molecule has 0 atom stereocenters. The van der Waals surface area contributed by atoms with Crippen LogP contribution in [0.25, 0.3) is 10.8 Å². The Labute approximate surface area is 123 Å². The van der Waals surface area contributed by atoms with Gasteiger partial charge in [0.05, 0.1) is 7.11 Å². The topological polar surface area (TPSA) is 47.0 Å². The van der Waals surface area contributed by atoms with Crippen molar-refractivity contribution >= 4 is 22.4 Å². The van der Waals surface area contributed by atoms with E-state index in [-0.39, 0.29) is 0 Å². The van der Waals surface area contributed by atoms with E-state index in [9.17, 15) is 0 Å². The normalized spacial score (nSPS) is 10.6. The molecule has 21 heavy (non-hydrogen) atoms. The van der Waals surface area contributed by atoms with Crippen molar-refractivity contribution in [2.24, 2.45) is 0 Å². The first kappa shape index (κ1) is 13.4. The summed E-state index contributed by atoms with van der Waals surface area (Å²) in [7, 11) is 1.68. The van der Waals surface area contributed by atoms with Crippen LogP contribution in [0.2, 0.25) is 0 Å². The van der Waals surface area contributed by atoms with Crippen molar-refractivity contribution in [1.82, 2.24) is 9.97 Å². The maximum Gasteiger partial charge on any atom is 0.227 e. The Bertz CT molecular complexity index is 779. The molecule has 1 N–H and O–H groups in total. The summed E-state index contributed by atoms with van der Waals surface area (Å²) in [4.78, 5) is 8.85. The molecule has 1 aromatic heterocycles. The van der Waals surface area contributed by atoms with Crippen LogP contribution in [0.4, 0.5) is 11.6 Å². The molecule has 4 nitrogen and oxygen atoms in total. The molecule has 3 rings (SSSR count). The minimum Gasteiger partial charge on any atom is -0.496 e. The number of anilines is 2. The van der Waals surface area contributed by atoms with Gasteiger partial charge in [-0.15, -0.1) is 0 Å². The Balaban J connectivity index is 2.09. The fourth-order valence-electron chi connectivity index (χ4n) is 2.46. The van der Waals surface area contributed by atoms with Crippen molar-refractivity contribution in [2.45, 2.75) is 13.8 Å². The summed E-state index contributed by atoms with van der Waals surface area (Å²) in [6.45, 7) is 3.93. The van der Waals surface area contributed by atoms with Crippen LogP contribution >= 0.6 is 0 Å². The molecule has 0 spiro atoms. The standard InChI is InChI=1S/C17H17N3O/c1-11-10-12(2)19-17(18-11)20-15-8-9-16(21-3)14-7-5-4-6-13(14)15/h4-10H,1-3H3,(H,18,19,20). The Morgan fingerprint density at radius 1 is 0.905 bits per heavy atom. The summed E-state index contributed by atoms with van der Waals surface area (Å²) in [6.07, 6.45) is 0. The van der Waals surface area contributed by atoms with Gasteiger partial charge in [0.2, 0.25) is 5.95 Å². The number of methoxy groups -OCH3 is 1. The summed E-state index contributed by atoms with van der Waals surface area (Å²) in [5, 5.41) is 5.45. The van der Waals surface area contributed by atoms with Crippen LogP contribution < -0.4 is 10.1 Å². The van der Waals surface area contributed by atoms with Crippen LogP contribution in [0.5, 0.6) is 5.75 Å². The van der Waals surface area contributed by atoms with Gasteiger partial charge in [-0.2, -0.15) is 0 Å². The van der Waals surface area contributed by atoms with Gasteiger partial charge < -0.3 is 10.1 Å². The zero-order valence-corrected chi connectivity index (χ0v) is 12.3. The molecule has 0 unspecified atom stereocenters. The first-order valence-corrected chi connectivity index (χ1v) is 6.82. The molecule has 0 bridgehead atoms. The number of hydrogen-bond donors (Lipinski definition) is 1. The Kier molecular flexibility index (Phi) is 3.44. The van der Waals surface area contributed by atoms with E-state index in [0.29, 0.717) is 5.95 Å². The molecule has 0 aliphatic rings. The van der Waals surface area contributed by atoms with Crippen molar-refractivity contribution in [3.8, 4) is 5.75 Å². The van der Waals surface area contributed by atoms with Gasteiger partial charge in [0.25, 0.3) is 0 Å². The lowest BCUT2D eigenvalue weighted by atomic mass is 10.1. The summed E-state index contributed by atoms with van der Waals surface area (Å²) < 4.78 is 5.41. The van der Waals surface area contributed by atoms with Crippen LogP contribution in [0.3, 0.4) is 0 Å². The molecule has 4 heteroatoms. The molecule has 0 fully saturated rings. The molecule has 0 amide bonds. The third-order valence-electron chi connectivity index (χ3n) is 3.33. The number of ether oxygens (including phenoxy) is 1. The van der Waals surface area contributed by atoms with E-state index < -0.39 is 0 Å². The highest BCUT2D eigenvalue weighted by atomic mass is 16.5. The molecule has 0 saturated heterocycles. The lowest BCUT2D eigenvalue weighted by Gasteiger charge is -2.12. The Morgan fingerprint density at radius 2 is 1.57 bits per heavy atom. The van der Waals surface area contributed by atoms with Crippen LogP contribution in [0.15, 0.2) is 42.5 Å². The number of aryl methyl sites for hydroxylation is 2. The number of fused-ring (bicyclic) bond motifs is 1. The molecule has 2 aromatic carbocycles. The zero-order chi connectivity index (χ0) is 14.8. The number of nitrogens with one attached hydrogen (secondary N) is 1. The van der Waals surface area contributed by atoms with E-state index in [1.54, 1.807) is 7.11 Å². The summed E-state index contributed by atoms with van der Waals surface area (Å²) in [5.41, 5.74) is 2.86. The first-order valence-electron chi connectivity index (χ1n) is 6.82. The molecule has 1 heterocycles. The quantitative estimate of drug-likeness (QED) is 0.787. The number of nitrogens with zero attached hydrogens (tertiary/aromatic N) is 2. The number of benzene rings is 2. The predicted octanol–water partition coefficient (Wildman–Crippen LogP) is 4.00. The van der Waals surface area contributed by atoms with Gasteiger partial charge in [-0.05, 0) is 32.0 Å². The lowest BCUT2D eigenvalue weighted by molar-refractivity contribution is 0.420. The van der Waals surface area contributed by atoms with E-state index >= 15 is 0 Å². The van der Waals surface area contributed by atoms with Gasteiger partial charge in [0.15, 0.2) is 0 Å². The minimum atomic E-state index is 0.614. The highest BCUT2D eigenvalue weighted by Gasteiger charge is 2.07. The summed E-state index contributed by atoms with van der Waals surface area (Å²) in [6, 6.07) is 14.0. The molecule has 0 radical (unpaired) electrons. The SMILES string of the molecule is COc1ccc(Nc2nc(C)cc(C)n2)c2ccccc12. The van der Waals surface area contributed by atoms with Crippen molar-refractivity contribution in [3.63, 3.8) is 0 Å². The van der Waals surface area contributed by atoms with Gasteiger partial charge in [0.1, 0.15) is 5.75 Å². The first-order chi connectivity index (χ1) is 10.2. The summed E-state index contributed by atoms with van der Waals surface area (Å²) >= 11 is 0. The van der Waals surface area contributed by atoms with E-state index in [4.69, 9.17) is 4.74 Å². The molecule has 0 saturated carbocycles. The predicted molar refractivity (Wildman–Crippen MR) is 85.3 cm³/mol. The third kappa shape index (κ3) is 2.65. The number of rotatable bonds is 3. The largest absolute Gasteiger partial charge is 0.496 e. The molecular formula is C17H17N3O.